The van der Waals surface area contributed by atoms with Crippen molar-refractivity contribution in [2.45, 2.75) is 59.1 Å². The van der Waals surface area contributed by atoms with Crippen molar-refractivity contribution in [1.29, 1.82) is 0 Å². The number of nitrogens with zero attached hydrogens (tertiary/aromatic N) is 3. The van der Waals surface area contributed by atoms with E-state index in [9.17, 15) is 14.4 Å². The van der Waals surface area contributed by atoms with E-state index in [2.05, 4.69) is 5.32 Å². The van der Waals surface area contributed by atoms with Gasteiger partial charge in [0.15, 0.2) is 5.79 Å². The molecule has 0 spiro atoms. The Kier molecular flexibility index (Phi) is 6.90. The Hall–Kier alpha value is -2.91. The summed E-state index contributed by atoms with van der Waals surface area (Å²) in [4.78, 5) is 39.6. The molecule has 2 aromatic rings. The minimum Gasteiger partial charge on any atom is -0.348 e. The summed E-state index contributed by atoms with van der Waals surface area (Å²) in [5, 5.41) is 2.63. The molecular weight excluding hydrogens is 412 g/mol. The van der Waals surface area contributed by atoms with E-state index in [1.54, 1.807) is 21.2 Å². The molecule has 9 heteroatoms. The molecule has 0 saturated carbocycles. The van der Waals surface area contributed by atoms with E-state index in [1.165, 1.54) is 6.92 Å². The van der Waals surface area contributed by atoms with Gasteiger partial charge in [-0.15, -0.1) is 0 Å². The summed E-state index contributed by atoms with van der Waals surface area (Å²) in [5.74, 6) is -1.32. The van der Waals surface area contributed by atoms with Crippen molar-refractivity contribution in [3.8, 4) is 5.69 Å². The third kappa shape index (κ3) is 5.11. The highest BCUT2D eigenvalue weighted by Crippen LogP contribution is 2.23. The lowest BCUT2D eigenvalue weighted by Gasteiger charge is -2.28. The first-order valence-corrected chi connectivity index (χ1v) is 10.7. The van der Waals surface area contributed by atoms with Crippen molar-refractivity contribution >= 4 is 11.8 Å². The molecule has 1 aliphatic heterocycles. The number of hydrogen-bond acceptors (Lipinski definition) is 5. The molecule has 2 unspecified atom stereocenters. The highest BCUT2D eigenvalue weighted by Gasteiger charge is 2.36. The van der Waals surface area contributed by atoms with E-state index in [0.29, 0.717) is 12.2 Å². The molecule has 1 aromatic heterocycles. The fourth-order valence-electron chi connectivity index (χ4n) is 3.97. The van der Waals surface area contributed by atoms with E-state index in [1.807, 2.05) is 58.2 Å². The topological polar surface area (TPSA) is 94.8 Å². The molecule has 174 valence electrons. The molecule has 0 aliphatic carbocycles. The molecule has 1 aromatic carbocycles. The molecule has 1 N–H and O–H groups in total. The number of rotatable bonds is 7. The SMILES string of the molecule is CC(=O)NC(C)C(=O)N(Cc1c(C)n(C)n(-c2ccccc2)c1=O)CC1COC(C)(C)O1. The van der Waals surface area contributed by atoms with Gasteiger partial charge in [0.2, 0.25) is 11.8 Å². The van der Waals surface area contributed by atoms with E-state index >= 15 is 0 Å². The van der Waals surface area contributed by atoms with Gasteiger partial charge in [0, 0.05) is 26.2 Å². The smallest absolute Gasteiger partial charge is 0.276 e. The third-order valence-corrected chi connectivity index (χ3v) is 5.62. The van der Waals surface area contributed by atoms with Crippen molar-refractivity contribution in [2.75, 3.05) is 13.2 Å². The second-order valence-electron chi connectivity index (χ2n) is 8.63. The standard InChI is InChI=1S/C23H32N4O5/c1-15(24-17(3)28)21(29)26(12-19-14-31-23(4,5)32-19)13-20-16(2)25(6)27(22(20)30)18-10-8-7-9-11-18/h7-11,15,19H,12-14H2,1-6H3,(H,24,28). The molecule has 2 amide bonds. The van der Waals surface area contributed by atoms with Crippen LogP contribution < -0.4 is 10.9 Å². The van der Waals surface area contributed by atoms with Gasteiger partial charge in [0.1, 0.15) is 12.1 Å². The van der Waals surface area contributed by atoms with Crippen LogP contribution in [0.2, 0.25) is 0 Å². The zero-order valence-corrected chi connectivity index (χ0v) is 19.5. The lowest BCUT2D eigenvalue weighted by atomic mass is 10.2. The van der Waals surface area contributed by atoms with Crippen LogP contribution in [-0.4, -0.2) is 57.2 Å². The molecule has 1 fully saturated rings. The fraction of sp³-hybridized carbons (Fsp3) is 0.522. The van der Waals surface area contributed by atoms with Gasteiger partial charge in [-0.3, -0.25) is 19.1 Å². The van der Waals surface area contributed by atoms with Crippen molar-refractivity contribution in [1.82, 2.24) is 19.6 Å². The Bertz CT molecular complexity index is 1040. The summed E-state index contributed by atoms with van der Waals surface area (Å²) < 4.78 is 14.9. The molecule has 0 bridgehead atoms. The highest BCUT2D eigenvalue weighted by atomic mass is 16.7. The molecular formula is C23H32N4O5. The van der Waals surface area contributed by atoms with Crippen molar-refractivity contribution in [3.05, 3.63) is 51.9 Å². The van der Waals surface area contributed by atoms with Crippen LogP contribution in [0.3, 0.4) is 0 Å². The van der Waals surface area contributed by atoms with Gasteiger partial charge in [-0.25, -0.2) is 4.68 Å². The number of hydrogen-bond donors (Lipinski definition) is 1. The molecule has 0 radical (unpaired) electrons. The monoisotopic (exact) mass is 444 g/mol. The normalized spacial score (nSPS) is 18.4. The van der Waals surface area contributed by atoms with Gasteiger partial charge < -0.3 is 19.7 Å². The van der Waals surface area contributed by atoms with Crippen LogP contribution in [0.15, 0.2) is 35.1 Å². The Morgan fingerprint density at radius 1 is 1.28 bits per heavy atom. The van der Waals surface area contributed by atoms with Gasteiger partial charge in [-0.05, 0) is 39.8 Å². The first-order chi connectivity index (χ1) is 15.0. The number of nitrogens with one attached hydrogen (secondary N) is 1. The van der Waals surface area contributed by atoms with E-state index in [4.69, 9.17) is 9.47 Å². The number of para-hydroxylation sites is 1. The fourth-order valence-corrected chi connectivity index (χ4v) is 3.97. The van der Waals surface area contributed by atoms with E-state index < -0.39 is 11.8 Å². The van der Waals surface area contributed by atoms with Crippen LogP contribution in [0.4, 0.5) is 0 Å². The quantitative estimate of drug-likeness (QED) is 0.698. The van der Waals surface area contributed by atoms with E-state index in [0.717, 1.165) is 11.4 Å². The first-order valence-electron chi connectivity index (χ1n) is 10.7. The predicted molar refractivity (Wildman–Crippen MR) is 119 cm³/mol. The number of carbonyl (C=O) groups excluding carboxylic acids is 2. The van der Waals surface area contributed by atoms with Crippen molar-refractivity contribution in [3.63, 3.8) is 0 Å². The molecule has 2 atom stereocenters. The minimum atomic E-state index is -0.733. The number of ether oxygens (including phenoxy) is 2. The van der Waals surface area contributed by atoms with Crippen LogP contribution in [-0.2, 0) is 32.7 Å². The molecule has 2 heterocycles. The Morgan fingerprint density at radius 3 is 2.50 bits per heavy atom. The zero-order valence-electron chi connectivity index (χ0n) is 19.5. The van der Waals surface area contributed by atoms with Crippen LogP contribution in [0.25, 0.3) is 5.69 Å². The number of aromatic nitrogens is 2. The second kappa shape index (κ2) is 9.30. The van der Waals surface area contributed by atoms with Gasteiger partial charge >= 0.3 is 0 Å². The molecule has 3 rings (SSSR count). The largest absolute Gasteiger partial charge is 0.348 e. The first kappa shape index (κ1) is 23.7. The predicted octanol–water partition coefficient (Wildman–Crippen LogP) is 1.49. The average molecular weight is 445 g/mol. The molecule has 1 saturated heterocycles. The minimum absolute atomic E-state index is 0.0986. The van der Waals surface area contributed by atoms with Gasteiger partial charge in [-0.1, -0.05) is 18.2 Å². The Morgan fingerprint density at radius 2 is 1.94 bits per heavy atom. The molecule has 1 aliphatic rings. The summed E-state index contributed by atoms with van der Waals surface area (Å²) in [6.45, 7) is 9.17. The zero-order chi connectivity index (χ0) is 23.6. The average Bonchev–Trinajstić information content (AvgIpc) is 3.17. The van der Waals surface area contributed by atoms with Crippen LogP contribution >= 0.6 is 0 Å². The summed E-state index contributed by atoms with van der Waals surface area (Å²) in [6, 6.07) is 8.61. The van der Waals surface area contributed by atoms with E-state index in [-0.39, 0.29) is 36.6 Å². The van der Waals surface area contributed by atoms with Crippen molar-refractivity contribution in [2.24, 2.45) is 7.05 Å². The summed E-state index contributed by atoms with van der Waals surface area (Å²) in [5.41, 5.74) is 1.82. The Labute approximate surface area is 187 Å². The molecule has 9 nitrogen and oxygen atoms in total. The van der Waals surface area contributed by atoms with Crippen LogP contribution in [0.5, 0.6) is 0 Å². The molecule has 32 heavy (non-hydrogen) atoms. The van der Waals surface area contributed by atoms with Crippen LogP contribution in [0.1, 0.15) is 39.0 Å². The number of amides is 2. The van der Waals surface area contributed by atoms with Crippen LogP contribution in [0, 0.1) is 6.92 Å². The summed E-state index contributed by atoms with van der Waals surface area (Å²) in [7, 11) is 1.82. The maximum Gasteiger partial charge on any atom is 0.276 e. The number of benzene rings is 1. The second-order valence-corrected chi connectivity index (χ2v) is 8.63. The van der Waals surface area contributed by atoms with Gasteiger partial charge in [-0.2, -0.15) is 0 Å². The van der Waals surface area contributed by atoms with Gasteiger partial charge in [0.25, 0.3) is 5.56 Å². The van der Waals surface area contributed by atoms with Crippen molar-refractivity contribution < 1.29 is 19.1 Å². The maximum atomic E-state index is 13.3. The third-order valence-electron chi connectivity index (χ3n) is 5.62. The summed E-state index contributed by atoms with van der Waals surface area (Å²) in [6.07, 6.45) is -0.334. The maximum absolute atomic E-state index is 13.3. The lowest BCUT2D eigenvalue weighted by molar-refractivity contribution is -0.148. The number of carbonyl (C=O) groups is 2. The lowest BCUT2D eigenvalue weighted by Crippen LogP contribution is -2.49. The highest BCUT2D eigenvalue weighted by molar-refractivity contribution is 5.86. The summed E-state index contributed by atoms with van der Waals surface area (Å²) >= 11 is 0. The van der Waals surface area contributed by atoms with Gasteiger partial charge in [0.05, 0.1) is 24.4 Å². The Balaban J connectivity index is 1.93.